The molecule has 1 heterocycles. The fourth-order valence-corrected chi connectivity index (χ4v) is 2.61. The van der Waals surface area contributed by atoms with E-state index in [-0.39, 0.29) is 12.1 Å². The molecule has 1 aromatic carbocycles. The highest BCUT2D eigenvalue weighted by Gasteiger charge is 2.17. The monoisotopic (exact) mass is 331 g/mol. The largest absolute Gasteiger partial charge is 0.496 e. The van der Waals surface area contributed by atoms with Gasteiger partial charge < -0.3 is 19.5 Å². The van der Waals surface area contributed by atoms with Gasteiger partial charge in [-0.3, -0.25) is 0 Å². The summed E-state index contributed by atoms with van der Waals surface area (Å²) in [7, 11) is 3.41. The van der Waals surface area contributed by atoms with Crippen molar-refractivity contribution in [3.05, 3.63) is 46.8 Å². The van der Waals surface area contributed by atoms with Crippen LogP contribution in [0.3, 0.4) is 0 Å². The van der Waals surface area contributed by atoms with Gasteiger partial charge in [0.05, 0.1) is 19.3 Å². The van der Waals surface area contributed by atoms with Gasteiger partial charge in [0.25, 0.3) is 0 Å². The standard InChI is InChI=1S/C18H25N3O3/c1-12(10-15-8-6-7-9-17(15)23-5)19-18(22)21(4)11-16-13(2)20-24-14(16)3/h6-9,12H,10-11H2,1-5H3,(H,19,22)/t12-/m1/s1. The number of rotatable bonds is 6. The van der Waals surface area contributed by atoms with Crippen molar-refractivity contribution >= 4 is 6.03 Å². The summed E-state index contributed by atoms with van der Waals surface area (Å²) in [6.07, 6.45) is 0.703. The Bertz CT molecular complexity index is 677. The summed E-state index contributed by atoms with van der Waals surface area (Å²) in [5.74, 6) is 1.58. The minimum atomic E-state index is -0.127. The van der Waals surface area contributed by atoms with Crippen molar-refractivity contribution < 1.29 is 14.1 Å². The number of aromatic nitrogens is 1. The molecule has 2 aromatic rings. The lowest BCUT2D eigenvalue weighted by Crippen LogP contribution is -2.42. The van der Waals surface area contributed by atoms with E-state index < -0.39 is 0 Å². The van der Waals surface area contributed by atoms with Crippen molar-refractivity contribution in [3.8, 4) is 5.75 Å². The van der Waals surface area contributed by atoms with Crippen molar-refractivity contribution in [2.45, 2.75) is 39.8 Å². The highest BCUT2D eigenvalue weighted by Crippen LogP contribution is 2.19. The molecular weight excluding hydrogens is 306 g/mol. The lowest BCUT2D eigenvalue weighted by molar-refractivity contribution is 0.203. The fraction of sp³-hybridized carbons (Fsp3) is 0.444. The zero-order chi connectivity index (χ0) is 17.7. The van der Waals surface area contributed by atoms with E-state index in [0.717, 1.165) is 28.3 Å². The van der Waals surface area contributed by atoms with Crippen molar-refractivity contribution in [2.24, 2.45) is 0 Å². The van der Waals surface area contributed by atoms with Crippen LogP contribution in [0.2, 0.25) is 0 Å². The molecule has 6 nitrogen and oxygen atoms in total. The molecule has 2 rings (SSSR count). The summed E-state index contributed by atoms with van der Waals surface area (Å²) >= 11 is 0. The molecule has 0 aliphatic heterocycles. The Kier molecular flexibility index (Phi) is 5.84. The second-order valence-electron chi connectivity index (χ2n) is 6.03. The minimum absolute atomic E-state index is 0.0130. The quantitative estimate of drug-likeness (QED) is 0.883. The number of carbonyl (C=O) groups excluding carboxylic acids is 1. The SMILES string of the molecule is COc1ccccc1C[C@@H](C)NC(=O)N(C)Cc1c(C)noc1C. The summed E-state index contributed by atoms with van der Waals surface area (Å²) in [5.41, 5.74) is 2.83. The highest BCUT2D eigenvalue weighted by molar-refractivity contribution is 5.74. The van der Waals surface area contributed by atoms with E-state index in [1.807, 2.05) is 45.0 Å². The average molecular weight is 331 g/mol. The molecule has 2 amide bonds. The molecule has 0 radical (unpaired) electrons. The summed E-state index contributed by atoms with van der Waals surface area (Å²) in [4.78, 5) is 14.0. The van der Waals surface area contributed by atoms with E-state index in [2.05, 4.69) is 10.5 Å². The Hall–Kier alpha value is -2.50. The number of amides is 2. The van der Waals surface area contributed by atoms with Gasteiger partial charge in [-0.2, -0.15) is 0 Å². The van der Waals surface area contributed by atoms with E-state index in [0.29, 0.717) is 13.0 Å². The number of benzene rings is 1. The molecule has 0 aliphatic carbocycles. The van der Waals surface area contributed by atoms with Crippen LogP contribution in [0.15, 0.2) is 28.8 Å². The third-order valence-corrected chi connectivity index (χ3v) is 4.01. The number of para-hydroxylation sites is 1. The van der Waals surface area contributed by atoms with E-state index in [1.165, 1.54) is 0 Å². The zero-order valence-corrected chi connectivity index (χ0v) is 14.9. The van der Waals surface area contributed by atoms with Gasteiger partial charge in [-0.05, 0) is 38.8 Å². The molecule has 0 spiro atoms. The maximum Gasteiger partial charge on any atom is 0.317 e. The summed E-state index contributed by atoms with van der Waals surface area (Å²) < 4.78 is 10.5. The Labute approximate surface area is 142 Å². The maximum atomic E-state index is 12.4. The van der Waals surface area contributed by atoms with Crippen LogP contribution in [0.25, 0.3) is 0 Å². The predicted molar refractivity (Wildman–Crippen MR) is 92.1 cm³/mol. The van der Waals surface area contributed by atoms with Gasteiger partial charge in [0.2, 0.25) is 0 Å². The number of aryl methyl sites for hydroxylation is 2. The highest BCUT2D eigenvalue weighted by atomic mass is 16.5. The predicted octanol–water partition coefficient (Wildman–Crippen LogP) is 3.07. The molecule has 1 atom stereocenters. The topological polar surface area (TPSA) is 67.6 Å². The van der Waals surface area contributed by atoms with Crippen LogP contribution >= 0.6 is 0 Å². The van der Waals surface area contributed by atoms with Gasteiger partial charge in [-0.25, -0.2) is 4.79 Å². The second-order valence-corrected chi connectivity index (χ2v) is 6.03. The number of hydrogen-bond acceptors (Lipinski definition) is 4. The summed E-state index contributed by atoms with van der Waals surface area (Å²) in [6.45, 7) is 6.18. The van der Waals surface area contributed by atoms with E-state index in [4.69, 9.17) is 9.26 Å². The van der Waals surface area contributed by atoms with Gasteiger partial charge in [-0.1, -0.05) is 23.4 Å². The van der Waals surface area contributed by atoms with Crippen molar-refractivity contribution in [3.63, 3.8) is 0 Å². The van der Waals surface area contributed by atoms with Gasteiger partial charge >= 0.3 is 6.03 Å². The molecule has 0 saturated carbocycles. The normalized spacial score (nSPS) is 11.9. The molecule has 130 valence electrons. The molecular formula is C18H25N3O3. The Morgan fingerprint density at radius 3 is 2.71 bits per heavy atom. The van der Waals surface area contributed by atoms with Crippen LogP contribution in [-0.4, -0.2) is 36.3 Å². The van der Waals surface area contributed by atoms with Crippen LogP contribution < -0.4 is 10.1 Å². The average Bonchev–Trinajstić information content (AvgIpc) is 2.87. The van der Waals surface area contributed by atoms with Crippen molar-refractivity contribution in [1.29, 1.82) is 0 Å². The Morgan fingerprint density at radius 2 is 2.08 bits per heavy atom. The maximum absolute atomic E-state index is 12.4. The molecule has 6 heteroatoms. The smallest absolute Gasteiger partial charge is 0.317 e. The minimum Gasteiger partial charge on any atom is -0.496 e. The first kappa shape index (κ1) is 17.8. The van der Waals surface area contributed by atoms with Crippen LogP contribution in [0, 0.1) is 13.8 Å². The van der Waals surface area contributed by atoms with E-state index in [1.54, 1.807) is 19.1 Å². The molecule has 1 N–H and O–H groups in total. The van der Waals surface area contributed by atoms with Gasteiger partial charge in [-0.15, -0.1) is 0 Å². The molecule has 0 fully saturated rings. The number of ether oxygens (including phenoxy) is 1. The Morgan fingerprint density at radius 1 is 1.38 bits per heavy atom. The molecule has 24 heavy (non-hydrogen) atoms. The molecule has 0 unspecified atom stereocenters. The van der Waals surface area contributed by atoms with Crippen LogP contribution in [0.1, 0.15) is 29.5 Å². The fourth-order valence-electron chi connectivity index (χ4n) is 2.61. The van der Waals surface area contributed by atoms with Gasteiger partial charge in [0.1, 0.15) is 11.5 Å². The first-order valence-corrected chi connectivity index (χ1v) is 7.97. The van der Waals surface area contributed by atoms with Crippen LogP contribution in [-0.2, 0) is 13.0 Å². The van der Waals surface area contributed by atoms with Gasteiger partial charge in [0, 0.05) is 18.7 Å². The summed E-state index contributed by atoms with van der Waals surface area (Å²) in [6, 6.07) is 7.69. The second kappa shape index (κ2) is 7.86. The third-order valence-electron chi connectivity index (χ3n) is 4.01. The van der Waals surface area contributed by atoms with E-state index in [9.17, 15) is 4.79 Å². The van der Waals surface area contributed by atoms with E-state index >= 15 is 0 Å². The molecule has 1 aromatic heterocycles. The lowest BCUT2D eigenvalue weighted by atomic mass is 10.1. The third kappa shape index (κ3) is 4.28. The first-order chi connectivity index (χ1) is 11.4. The number of carbonyl (C=O) groups is 1. The number of urea groups is 1. The lowest BCUT2D eigenvalue weighted by Gasteiger charge is -2.22. The number of nitrogens with one attached hydrogen (secondary N) is 1. The first-order valence-electron chi connectivity index (χ1n) is 7.97. The number of hydrogen-bond donors (Lipinski definition) is 1. The molecule has 0 bridgehead atoms. The number of nitrogens with zero attached hydrogens (tertiary/aromatic N) is 2. The summed E-state index contributed by atoms with van der Waals surface area (Å²) in [5, 5.41) is 6.93. The Balaban J connectivity index is 1.93. The van der Waals surface area contributed by atoms with Crippen LogP contribution in [0.5, 0.6) is 5.75 Å². The molecule has 0 saturated heterocycles. The molecule has 0 aliphatic rings. The zero-order valence-electron chi connectivity index (χ0n) is 14.9. The van der Waals surface area contributed by atoms with Crippen molar-refractivity contribution in [1.82, 2.24) is 15.4 Å². The number of methoxy groups -OCH3 is 1. The van der Waals surface area contributed by atoms with Crippen LogP contribution in [0.4, 0.5) is 4.79 Å². The van der Waals surface area contributed by atoms with Gasteiger partial charge in [0.15, 0.2) is 0 Å². The van der Waals surface area contributed by atoms with Crippen molar-refractivity contribution in [2.75, 3.05) is 14.2 Å².